The fraction of sp³-hybridized carbons (Fsp3) is 0.400. The summed E-state index contributed by atoms with van der Waals surface area (Å²) in [6, 6.07) is 3.00. The monoisotopic (exact) mass is 291 g/mol. The summed E-state index contributed by atoms with van der Waals surface area (Å²) in [5.41, 5.74) is 0.977. The number of amides is 1. The number of sulfonamides is 1. The van der Waals surface area contributed by atoms with Gasteiger partial charge in [-0.2, -0.15) is 0 Å². The highest BCUT2D eigenvalue weighted by Crippen LogP contribution is 2.10. The molecular weight excluding hydrogens is 278 g/mol. The van der Waals surface area contributed by atoms with Crippen molar-refractivity contribution in [2.24, 2.45) is 0 Å². The minimum Gasteiger partial charge on any atom is -0.351 e. The molecule has 1 rings (SSSR count). The van der Waals surface area contributed by atoms with Gasteiger partial charge in [0, 0.05) is 17.8 Å². The predicted octanol–water partition coefficient (Wildman–Crippen LogP) is 0.322. The smallest absolute Gasteiger partial charge is 0.251 e. The topological polar surface area (TPSA) is 88.2 Å². The van der Waals surface area contributed by atoms with E-state index in [1.807, 2.05) is 0 Å². The van der Waals surface area contributed by atoms with Gasteiger partial charge in [-0.05, 0) is 26.1 Å². The lowest BCUT2D eigenvalue weighted by molar-refractivity contribution is 0.0956. The molecule has 1 heterocycles. The van der Waals surface area contributed by atoms with Crippen LogP contribution >= 0.6 is 11.6 Å². The van der Waals surface area contributed by atoms with Gasteiger partial charge in [-0.25, -0.2) is 18.1 Å². The molecule has 0 saturated carbocycles. The van der Waals surface area contributed by atoms with E-state index in [1.54, 1.807) is 13.0 Å². The average Bonchev–Trinajstić information content (AvgIpc) is 2.27. The molecule has 0 aliphatic rings. The molecule has 0 aliphatic heterocycles. The van der Waals surface area contributed by atoms with Crippen LogP contribution in [0.3, 0.4) is 0 Å². The minimum atomic E-state index is -3.32. The van der Waals surface area contributed by atoms with Crippen molar-refractivity contribution in [1.29, 1.82) is 0 Å². The van der Waals surface area contributed by atoms with Crippen molar-refractivity contribution in [1.82, 2.24) is 15.0 Å². The van der Waals surface area contributed by atoms with Gasteiger partial charge in [-0.15, -0.1) is 0 Å². The van der Waals surface area contributed by atoms with Gasteiger partial charge in [-0.3, -0.25) is 4.79 Å². The molecule has 0 spiro atoms. The molecule has 0 fully saturated rings. The molecule has 1 aromatic rings. The summed E-state index contributed by atoms with van der Waals surface area (Å²) in [7, 11) is -1.99. The number of rotatable bonds is 5. The predicted molar refractivity (Wildman–Crippen MR) is 69.2 cm³/mol. The first-order valence-electron chi connectivity index (χ1n) is 5.17. The van der Waals surface area contributed by atoms with Crippen molar-refractivity contribution in [3.63, 3.8) is 0 Å². The van der Waals surface area contributed by atoms with Gasteiger partial charge in [0.15, 0.2) is 0 Å². The molecule has 0 atom stereocenters. The number of hydrogen-bond acceptors (Lipinski definition) is 4. The molecule has 100 valence electrons. The third-order valence-corrected chi connectivity index (χ3v) is 3.71. The van der Waals surface area contributed by atoms with Crippen LogP contribution in [0.4, 0.5) is 0 Å². The van der Waals surface area contributed by atoms with Crippen LogP contribution in [0.1, 0.15) is 16.1 Å². The second kappa shape index (κ2) is 6.12. The van der Waals surface area contributed by atoms with Gasteiger partial charge in [-0.1, -0.05) is 11.6 Å². The van der Waals surface area contributed by atoms with Crippen LogP contribution in [0.2, 0.25) is 5.15 Å². The van der Waals surface area contributed by atoms with Gasteiger partial charge in [0.05, 0.1) is 5.75 Å². The zero-order chi connectivity index (χ0) is 13.8. The van der Waals surface area contributed by atoms with Gasteiger partial charge < -0.3 is 5.32 Å². The first-order chi connectivity index (χ1) is 8.34. The molecule has 0 aliphatic carbocycles. The molecule has 0 radical (unpaired) electrons. The third-order valence-electron chi connectivity index (χ3n) is 2.15. The van der Waals surface area contributed by atoms with Crippen LogP contribution in [-0.2, 0) is 10.0 Å². The minimum absolute atomic E-state index is 0.0288. The van der Waals surface area contributed by atoms with Gasteiger partial charge in [0.1, 0.15) is 5.15 Å². The molecule has 0 bridgehead atoms. The van der Waals surface area contributed by atoms with Crippen molar-refractivity contribution in [3.05, 3.63) is 28.5 Å². The maximum Gasteiger partial charge on any atom is 0.251 e. The zero-order valence-electron chi connectivity index (χ0n) is 10.0. The van der Waals surface area contributed by atoms with Gasteiger partial charge in [0.25, 0.3) is 5.91 Å². The van der Waals surface area contributed by atoms with Gasteiger partial charge >= 0.3 is 0 Å². The fourth-order valence-corrected chi connectivity index (χ4v) is 2.09. The number of nitrogens with one attached hydrogen (secondary N) is 2. The summed E-state index contributed by atoms with van der Waals surface area (Å²) >= 11 is 5.73. The Bertz CT molecular complexity index is 525. The second-order valence-electron chi connectivity index (χ2n) is 3.60. The molecule has 0 unspecified atom stereocenters. The number of halogens is 1. The average molecular weight is 292 g/mol. The maximum absolute atomic E-state index is 11.7. The molecule has 1 aromatic heterocycles. The number of carbonyl (C=O) groups excluding carboxylic acids is 1. The Balaban J connectivity index is 2.61. The van der Waals surface area contributed by atoms with E-state index in [9.17, 15) is 13.2 Å². The third kappa shape index (κ3) is 4.59. The molecule has 8 heteroatoms. The Labute approximate surface area is 111 Å². The number of nitrogens with zero attached hydrogens (tertiary/aromatic N) is 1. The SMILES string of the molecule is CNS(=O)(=O)CCNC(=O)c1cc(C)nc(Cl)c1. The van der Waals surface area contributed by atoms with E-state index in [0.29, 0.717) is 11.3 Å². The Morgan fingerprint density at radius 1 is 1.44 bits per heavy atom. The number of hydrogen-bond donors (Lipinski definition) is 2. The highest BCUT2D eigenvalue weighted by molar-refractivity contribution is 7.89. The Morgan fingerprint density at radius 3 is 2.67 bits per heavy atom. The summed E-state index contributed by atoms with van der Waals surface area (Å²) in [5.74, 6) is -0.554. The Hall–Kier alpha value is -1.18. The molecule has 0 saturated heterocycles. The fourth-order valence-electron chi connectivity index (χ4n) is 1.26. The first kappa shape index (κ1) is 14.9. The Kier molecular flexibility index (Phi) is 5.06. The molecule has 0 aromatic carbocycles. The van der Waals surface area contributed by atoms with Crippen LogP contribution in [0.5, 0.6) is 0 Å². The summed E-state index contributed by atoms with van der Waals surface area (Å²) < 4.78 is 24.4. The van der Waals surface area contributed by atoms with Crippen molar-refractivity contribution in [2.75, 3.05) is 19.3 Å². The summed E-state index contributed by atoms with van der Waals surface area (Å²) in [4.78, 5) is 15.6. The summed E-state index contributed by atoms with van der Waals surface area (Å²) in [6.07, 6.45) is 0. The van der Waals surface area contributed by atoms with Crippen molar-refractivity contribution in [2.45, 2.75) is 6.92 Å². The first-order valence-corrected chi connectivity index (χ1v) is 7.20. The number of carbonyl (C=O) groups is 1. The molecular formula is C10H14ClN3O3S. The van der Waals surface area contributed by atoms with E-state index in [2.05, 4.69) is 15.0 Å². The molecule has 2 N–H and O–H groups in total. The quantitative estimate of drug-likeness (QED) is 0.765. The van der Waals surface area contributed by atoms with Crippen LogP contribution in [-0.4, -0.2) is 38.7 Å². The van der Waals surface area contributed by atoms with Crippen molar-refractivity contribution in [3.8, 4) is 0 Å². The Morgan fingerprint density at radius 2 is 2.11 bits per heavy atom. The second-order valence-corrected chi connectivity index (χ2v) is 6.03. The van der Waals surface area contributed by atoms with Gasteiger partial charge in [0.2, 0.25) is 10.0 Å². The summed E-state index contributed by atoms with van der Waals surface area (Å²) in [5, 5.41) is 2.72. The zero-order valence-corrected chi connectivity index (χ0v) is 11.6. The van der Waals surface area contributed by atoms with E-state index in [1.165, 1.54) is 13.1 Å². The molecule has 6 nitrogen and oxygen atoms in total. The van der Waals surface area contributed by atoms with Crippen LogP contribution < -0.4 is 10.0 Å². The lowest BCUT2D eigenvalue weighted by Crippen LogP contribution is -2.33. The number of pyridine rings is 1. The van der Waals surface area contributed by atoms with E-state index in [-0.39, 0.29) is 23.4 Å². The van der Waals surface area contributed by atoms with Crippen molar-refractivity contribution < 1.29 is 13.2 Å². The standard InChI is InChI=1S/C10H14ClN3O3S/c1-7-5-8(6-9(11)14-7)10(15)13-3-4-18(16,17)12-2/h5-6,12H,3-4H2,1-2H3,(H,13,15). The van der Waals surface area contributed by atoms with E-state index < -0.39 is 10.0 Å². The number of aromatic nitrogens is 1. The maximum atomic E-state index is 11.7. The van der Waals surface area contributed by atoms with Crippen molar-refractivity contribution >= 4 is 27.5 Å². The normalized spacial score (nSPS) is 11.3. The lowest BCUT2D eigenvalue weighted by atomic mass is 10.2. The highest BCUT2D eigenvalue weighted by atomic mass is 35.5. The highest BCUT2D eigenvalue weighted by Gasteiger charge is 2.10. The van der Waals surface area contributed by atoms with Crippen LogP contribution in [0, 0.1) is 6.92 Å². The summed E-state index contributed by atoms with van der Waals surface area (Å²) in [6.45, 7) is 1.75. The largest absolute Gasteiger partial charge is 0.351 e. The number of aryl methyl sites for hydroxylation is 1. The van der Waals surface area contributed by atoms with E-state index in [4.69, 9.17) is 11.6 Å². The molecule has 18 heavy (non-hydrogen) atoms. The van der Waals surface area contributed by atoms with Crippen LogP contribution in [0.15, 0.2) is 12.1 Å². The van der Waals surface area contributed by atoms with E-state index >= 15 is 0 Å². The van der Waals surface area contributed by atoms with E-state index in [0.717, 1.165) is 0 Å². The molecule has 1 amide bonds. The lowest BCUT2D eigenvalue weighted by Gasteiger charge is -2.06. The van der Waals surface area contributed by atoms with Crippen LogP contribution in [0.25, 0.3) is 0 Å².